The number of nitriles is 1. The van der Waals surface area contributed by atoms with Crippen LogP contribution in [0, 0.1) is 11.3 Å². The lowest BCUT2D eigenvalue weighted by Gasteiger charge is -2.19. The van der Waals surface area contributed by atoms with Gasteiger partial charge in [0.2, 0.25) is 0 Å². The highest BCUT2D eigenvalue weighted by atomic mass is 16.3. The van der Waals surface area contributed by atoms with Crippen molar-refractivity contribution in [3.8, 4) is 17.6 Å². The maximum Gasteiger partial charge on any atom is 0.185 e. The van der Waals surface area contributed by atoms with Crippen LogP contribution in [-0.4, -0.2) is 29.6 Å². The monoisotopic (exact) mass is 282 g/mol. The smallest absolute Gasteiger partial charge is 0.185 e. The van der Waals surface area contributed by atoms with Gasteiger partial charge in [-0.3, -0.25) is 4.79 Å². The Kier molecular flexibility index (Phi) is 4.10. The minimum absolute atomic E-state index is 0.0109. The fourth-order valence-corrected chi connectivity index (χ4v) is 2.04. The van der Waals surface area contributed by atoms with E-state index < -0.39 is 0 Å². The van der Waals surface area contributed by atoms with Gasteiger partial charge < -0.3 is 15.1 Å². The van der Waals surface area contributed by atoms with E-state index in [2.05, 4.69) is 6.07 Å². The minimum Gasteiger partial charge on any atom is -0.508 e. The van der Waals surface area contributed by atoms with Crippen LogP contribution >= 0.6 is 0 Å². The first-order valence-corrected chi connectivity index (χ1v) is 6.28. The molecule has 2 rings (SSSR count). The Morgan fingerprint density at radius 3 is 2.62 bits per heavy atom. The standard InChI is InChI=1S/C16H14N2O3/c1-18(14-5-3-2-4-11(14)9-17)10-16(21)13-7-6-12(19)8-15(13)20/h2-8,19-20H,10H2,1H3. The summed E-state index contributed by atoms with van der Waals surface area (Å²) in [5, 5.41) is 28.0. The molecular formula is C16H14N2O3. The summed E-state index contributed by atoms with van der Waals surface area (Å²) in [7, 11) is 1.70. The highest BCUT2D eigenvalue weighted by Crippen LogP contribution is 2.24. The number of likely N-dealkylation sites (N-methyl/N-ethyl adjacent to an activating group) is 1. The number of carbonyl (C=O) groups excluding carboxylic acids is 1. The zero-order valence-electron chi connectivity index (χ0n) is 11.4. The second-order valence-corrected chi connectivity index (χ2v) is 4.61. The van der Waals surface area contributed by atoms with Crippen molar-refractivity contribution in [1.29, 1.82) is 5.26 Å². The van der Waals surface area contributed by atoms with Crippen molar-refractivity contribution >= 4 is 11.5 Å². The van der Waals surface area contributed by atoms with Gasteiger partial charge in [0.25, 0.3) is 0 Å². The molecule has 106 valence electrons. The number of carbonyl (C=O) groups is 1. The van der Waals surface area contributed by atoms with Gasteiger partial charge in [-0.05, 0) is 24.3 Å². The molecule has 0 fully saturated rings. The number of ketones is 1. The summed E-state index contributed by atoms with van der Waals surface area (Å²) in [4.78, 5) is 13.8. The summed E-state index contributed by atoms with van der Waals surface area (Å²) >= 11 is 0. The fraction of sp³-hybridized carbons (Fsp3) is 0.125. The topological polar surface area (TPSA) is 84.6 Å². The third-order valence-corrected chi connectivity index (χ3v) is 3.10. The van der Waals surface area contributed by atoms with Gasteiger partial charge in [-0.1, -0.05) is 12.1 Å². The van der Waals surface area contributed by atoms with Gasteiger partial charge in [0.15, 0.2) is 5.78 Å². The average molecular weight is 282 g/mol. The van der Waals surface area contributed by atoms with E-state index in [1.54, 1.807) is 36.2 Å². The van der Waals surface area contributed by atoms with E-state index in [0.29, 0.717) is 11.3 Å². The number of aromatic hydroxyl groups is 2. The normalized spacial score (nSPS) is 9.90. The third kappa shape index (κ3) is 3.12. The molecule has 5 heteroatoms. The molecule has 0 aliphatic rings. The lowest BCUT2D eigenvalue weighted by atomic mass is 10.1. The molecule has 0 amide bonds. The van der Waals surface area contributed by atoms with Gasteiger partial charge in [0.05, 0.1) is 23.4 Å². The number of rotatable bonds is 4. The number of nitrogens with zero attached hydrogens (tertiary/aromatic N) is 2. The van der Waals surface area contributed by atoms with Gasteiger partial charge in [-0.15, -0.1) is 0 Å². The summed E-state index contributed by atoms with van der Waals surface area (Å²) in [6.07, 6.45) is 0. The molecule has 2 aromatic carbocycles. The van der Waals surface area contributed by atoms with Crippen molar-refractivity contribution in [1.82, 2.24) is 0 Å². The van der Waals surface area contributed by atoms with E-state index in [9.17, 15) is 15.0 Å². The molecule has 0 unspecified atom stereocenters. The molecule has 5 nitrogen and oxygen atoms in total. The quantitative estimate of drug-likeness (QED) is 0.840. The van der Waals surface area contributed by atoms with Crippen molar-refractivity contribution in [2.45, 2.75) is 0 Å². The second kappa shape index (κ2) is 5.97. The number of anilines is 1. The molecular weight excluding hydrogens is 268 g/mol. The van der Waals surface area contributed by atoms with E-state index in [-0.39, 0.29) is 29.4 Å². The first-order valence-electron chi connectivity index (χ1n) is 6.28. The van der Waals surface area contributed by atoms with Crippen molar-refractivity contribution in [2.75, 3.05) is 18.5 Å². The van der Waals surface area contributed by atoms with Crippen LogP contribution in [0.25, 0.3) is 0 Å². The number of phenolic OH excluding ortho intramolecular Hbond substituents is 2. The average Bonchev–Trinajstić information content (AvgIpc) is 2.46. The number of para-hydroxylation sites is 1. The van der Waals surface area contributed by atoms with Gasteiger partial charge in [0, 0.05) is 13.1 Å². The minimum atomic E-state index is -0.303. The van der Waals surface area contributed by atoms with Crippen molar-refractivity contribution in [3.05, 3.63) is 53.6 Å². The largest absolute Gasteiger partial charge is 0.508 e. The van der Waals surface area contributed by atoms with Crippen molar-refractivity contribution < 1.29 is 15.0 Å². The first kappa shape index (κ1) is 14.4. The summed E-state index contributed by atoms with van der Waals surface area (Å²) in [5.74, 6) is -0.669. The molecule has 0 aromatic heterocycles. The van der Waals surface area contributed by atoms with Crippen LogP contribution in [0.4, 0.5) is 5.69 Å². The van der Waals surface area contributed by atoms with Gasteiger partial charge >= 0.3 is 0 Å². The SMILES string of the molecule is CN(CC(=O)c1ccc(O)cc1O)c1ccccc1C#N. The van der Waals surface area contributed by atoms with Crippen LogP contribution in [0.3, 0.4) is 0 Å². The van der Waals surface area contributed by atoms with E-state index in [1.165, 1.54) is 12.1 Å². The molecule has 0 bridgehead atoms. The molecule has 0 saturated carbocycles. The van der Waals surface area contributed by atoms with E-state index in [1.807, 2.05) is 0 Å². The lowest BCUT2D eigenvalue weighted by molar-refractivity contribution is 0.0998. The zero-order chi connectivity index (χ0) is 15.4. The molecule has 2 N–H and O–H groups in total. The molecule has 21 heavy (non-hydrogen) atoms. The third-order valence-electron chi connectivity index (χ3n) is 3.10. The Labute approximate surface area is 122 Å². The highest BCUT2D eigenvalue weighted by Gasteiger charge is 2.15. The van der Waals surface area contributed by atoms with Crippen LogP contribution in [0.2, 0.25) is 0 Å². The maximum atomic E-state index is 12.2. The Balaban J connectivity index is 2.21. The van der Waals surface area contributed by atoms with Crippen molar-refractivity contribution in [3.63, 3.8) is 0 Å². The molecule has 0 spiro atoms. The van der Waals surface area contributed by atoms with Crippen LogP contribution in [0.15, 0.2) is 42.5 Å². The summed E-state index contributed by atoms with van der Waals surface area (Å²) in [5.41, 5.74) is 1.25. The number of hydrogen-bond acceptors (Lipinski definition) is 5. The van der Waals surface area contributed by atoms with Gasteiger partial charge in [0.1, 0.15) is 17.6 Å². The van der Waals surface area contributed by atoms with Crippen LogP contribution in [-0.2, 0) is 0 Å². The van der Waals surface area contributed by atoms with E-state index in [4.69, 9.17) is 5.26 Å². The molecule has 0 radical (unpaired) electrons. The highest BCUT2D eigenvalue weighted by molar-refractivity contribution is 6.01. The molecule has 0 aliphatic heterocycles. The maximum absolute atomic E-state index is 12.2. The predicted octanol–water partition coefficient (Wildman–Crippen LogP) is 2.29. The Bertz CT molecular complexity index is 720. The summed E-state index contributed by atoms with van der Waals surface area (Å²) in [6, 6.07) is 12.9. The van der Waals surface area contributed by atoms with Crippen LogP contribution < -0.4 is 4.90 Å². The second-order valence-electron chi connectivity index (χ2n) is 4.61. The fourth-order valence-electron chi connectivity index (χ4n) is 2.04. The molecule has 2 aromatic rings. The Morgan fingerprint density at radius 1 is 1.24 bits per heavy atom. The molecule has 0 aliphatic carbocycles. The van der Waals surface area contributed by atoms with Crippen LogP contribution in [0.1, 0.15) is 15.9 Å². The van der Waals surface area contributed by atoms with Gasteiger partial charge in [-0.25, -0.2) is 0 Å². The zero-order valence-corrected chi connectivity index (χ0v) is 11.4. The van der Waals surface area contributed by atoms with E-state index >= 15 is 0 Å². The van der Waals surface area contributed by atoms with Crippen LogP contribution in [0.5, 0.6) is 11.5 Å². The lowest BCUT2D eigenvalue weighted by Crippen LogP contribution is -2.26. The number of hydrogen-bond donors (Lipinski definition) is 2. The molecule has 0 heterocycles. The summed E-state index contributed by atoms with van der Waals surface area (Å²) < 4.78 is 0. The first-order chi connectivity index (χ1) is 10.0. The van der Waals surface area contributed by atoms with E-state index in [0.717, 1.165) is 6.07 Å². The molecule has 0 atom stereocenters. The summed E-state index contributed by atoms with van der Waals surface area (Å²) in [6.45, 7) is 0.0109. The Hall–Kier alpha value is -3.00. The van der Waals surface area contributed by atoms with Crippen molar-refractivity contribution in [2.24, 2.45) is 0 Å². The van der Waals surface area contributed by atoms with Gasteiger partial charge in [-0.2, -0.15) is 5.26 Å². The predicted molar refractivity (Wildman–Crippen MR) is 78.5 cm³/mol. The Morgan fingerprint density at radius 2 is 1.95 bits per heavy atom. The number of benzene rings is 2. The molecule has 0 saturated heterocycles. The number of phenols is 2. The number of Topliss-reactive ketones (excluding diaryl/α,β-unsaturated/α-hetero) is 1.